The van der Waals surface area contributed by atoms with Crippen molar-refractivity contribution in [3.05, 3.63) is 23.8 Å². The lowest BCUT2D eigenvalue weighted by Gasteiger charge is -2.19. The van der Waals surface area contributed by atoms with Crippen LogP contribution >= 0.6 is 0 Å². The van der Waals surface area contributed by atoms with Gasteiger partial charge in [0.2, 0.25) is 5.91 Å². The number of nitrogens with zero attached hydrogens (tertiary/aromatic N) is 2. The van der Waals surface area contributed by atoms with Crippen LogP contribution in [-0.4, -0.2) is 56.7 Å². The zero-order valence-electron chi connectivity index (χ0n) is 15.8. The predicted molar refractivity (Wildman–Crippen MR) is 98.2 cm³/mol. The molecule has 0 bridgehead atoms. The normalized spacial score (nSPS) is 17.2. The third kappa shape index (κ3) is 5.97. The van der Waals surface area contributed by atoms with Gasteiger partial charge in [-0.25, -0.2) is 0 Å². The third-order valence-corrected chi connectivity index (χ3v) is 4.34. The Hall–Kier alpha value is -2.58. The van der Waals surface area contributed by atoms with E-state index >= 15 is 0 Å². The van der Waals surface area contributed by atoms with Crippen molar-refractivity contribution in [2.24, 2.45) is 4.99 Å². The number of methoxy groups -OCH3 is 1. The Balaban J connectivity index is 1.95. The highest BCUT2D eigenvalue weighted by atomic mass is 19.3. The number of benzene rings is 1. The van der Waals surface area contributed by atoms with Gasteiger partial charge in [-0.15, -0.1) is 0 Å². The van der Waals surface area contributed by atoms with Gasteiger partial charge in [-0.1, -0.05) is 6.92 Å². The van der Waals surface area contributed by atoms with E-state index in [0.717, 1.165) is 6.42 Å². The topological polar surface area (TPSA) is 75.2 Å². The number of carbonyl (C=O) groups excluding carboxylic acids is 1. The van der Waals surface area contributed by atoms with Gasteiger partial charge in [0.05, 0.1) is 7.11 Å². The average molecular weight is 384 g/mol. The Labute approximate surface area is 157 Å². The zero-order valence-corrected chi connectivity index (χ0v) is 15.8. The van der Waals surface area contributed by atoms with Crippen molar-refractivity contribution < 1.29 is 23.0 Å². The molecule has 0 saturated carbocycles. The molecule has 1 aromatic carbocycles. The molecule has 27 heavy (non-hydrogen) atoms. The fraction of sp³-hybridized carbons (Fsp3) is 0.556. The van der Waals surface area contributed by atoms with Gasteiger partial charge >= 0.3 is 6.61 Å². The molecule has 2 rings (SSSR count). The van der Waals surface area contributed by atoms with Crippen molar-refractivity contribution in [3.63, 3.8) is 0 Å². The number of carbonyl (C=O) groups is 1. The maximum Gasteiger partial charge on any atom is 0.387 e. The minimum atomic E-state index is -2.92. The summed E-state index contributed by atoms with van der Waals surface area (Å²) in [5, 5.41) is 6.35. The fourth-order valence-corrected chi connectivity index (χ4v) is 2.91. The van der Waals surface area contributed by atoms with Crippen LogP contribution in [0.2, 0.25) is 0 Å². The van der Waals surface area contributed by atoms with Crippen molar-refractivity contribution in [2.45, 2.75) is 39.0 Å². The van der Waals surface area contributed by atoms with Crippen LogP contribution in [0.3, 0.4) is 0 Å². The molecule has 1 saturated heterocycles. The van der Waals surface area contributed by atoms with Crippen molar-refractivity contribution >= 4 is 11.9 Å². The summed E-state index contributed by atoms with van der Waals surface area (Å²) in [5.74, 6) is 1.15. The molecule has 0 aliphatic carbocycles. The van der Waals surface area contributed by atoms with E-state index in [2.05, 4.69) is 20.4 Å². The molecule has 1 atom stereocenters. The van der Waals surface area contributed by atoms with Crippen molar-refractivity contribution in [2.75, 3.05) is 27.2 Å². The fourth-order valence-electron chi connectivity index (χ4n) is 2.91. The summed E-state index contributed by atoms with van der Waals surface area (Å²) in [6, 6.07) is 4.86. The van der Waals surface area contributed by atoms with Gasteiger partial charge in [-0.2, -0.15) is 8.78 Å². The van der Waals surface area contributed by atoms with E-state index in [9.17, 15) is 13.6 Å². The average Bonchev–Trinajstić information content (AvgIpc) is 3.13. The number of likely N-dealkylation sites (tertiary alicyclic amines) is 1. The van der Waals surface area contributed by atoms with E-state index in [-0.39, 0.29) is 24.2 Å². The van der Waals surface area contributed by atoms with Crippen LogP contribution in [0.15, 0.2) is 23.2 Å². The van der Waals surface area contributed by atoms with Crippen LogP contribution < -0.4 is 20.1 Å². The highest BCUT2D eigenvalue weighted by Crippen LogP contribution is 2.26. The molecule has 1 amide bonds. The minimum Gasteiger partial charge on any atom is -0.497 e. The standard InChI is InChI=1S/C18H26F2N4O3/c1-4-16(25)24-8-7-13(11-24)23-18(21-2)22-10-12-5-6-14(26-3)9-15(12)27-17(19)20/h5-6,9,13,17H,4,7-8,10-11H2,1-3H3,(H2,21,22,23). The number of halogens is 2. The molecule has 0 aromatic heterocycles. The maximum atomic E-state index is 12.7. The molecule has 1 aromatic rings. The monoisotopic (exact) mass is 384 g/mol. The highest BCUT2D eigenvalue weighted by molar-refractivity contribution is 5.80. The summed E-state index contributed by atoms with van der Waals surface area (Å²) < 4.78 is 34.9. The molecule has 2 N–H and O–H groups in total. The van der Waals surface area contributed by atoms with Gasteiger partial charge in [0.25, 0.3) is 0 Å². The maximum absolute atomic E-state index is 12.7. The van der Waals surface area contributed by atoms with Crippen molar-refractivity contribution in [1.29, 1.82) is 0 Å². The first-order valence-corrected chi connectivity index (χ1v) is 8.83. The second kappa shape index (κ2) is 9.94. The molecule has 9 heteroatoms. The van der Waals surface area contributed by atoms with Gasteiger partial charge in [0.1, 0.15) is 11.5 Å². The Morgan fingerprint density at radius 3 is 2.85 bits per heavy atom. The van der Waals surface area contributed by atoms with E-state index in [0.29, 0.717) is 36.8 Å². The molecule has 7 nitrogen and oxygen atoms in total. The molecular weight excluding hydrogens is 358 g/mol. The zero-order chi connectivity index (χ0) is 19.8. The van der Waals surface area contributed by atoms with Gasteiger partial charge in [0.15, 0.2) is 5.96 Å². The van der Waals surface area contributed by atoms with Crippen LogP contribution in [0.4, 0.5) is 8.78 Å². The highest BCUT2D eigenvalue weighted by Gasteiger charge is 2.25. The summed E-state index contributed by atoms with van der Waals surface area (Å²) >= 11 is 0. The first kappa shape index (κ1) is 20.7. The molecular formula is C18H26F2N4O3. The second-order valence-electron chi connectivity index (χ2n) is 6.10. The Kier molecular flexibility index (Phi) is 7.63. The van der Waals surface area contributed by atoms with Crippen molar-refractivity contribution in [3.8, 4) is 11.5 Å². The Morgan fingerprint density at radius 2 is 2.22 bits per heavy atom. The van der Waals surface area contributed by atoms with Crippen LogP contribution in [0.25, 0.3) is 0 Å². The number of nitrogens with one attached hydrogen (secondary N) is 2. The molecule has 1 aliphatic rings. The third-order valence-electron chi connectivity index (χ3n) is 4.34. The van der Waals surface area contributed by atoms with Crippen LogP contribution in [0.1, 0.15) is 25.3 Å². The van der Waals surface area contributed by atoms with E-state index < -0.39 is 6.61 Å². The number of hydrogen-bond donors (Lipinski definition) is 2. The van der Waals surface area contributed by atoms with Gasteiger partial charge in [-0.3, -0.25) is 9.79 Å². The van der Waals surface area contributed by atoms with Crippen molar-refractivity contribution in [1.82, 2.24) is 15.5 Å². The van der Waals surface area contributed by atoms with E-state index in [1.807, 2.05) is 11.8 Å². The molecule has 0 radical (unpaired) electrons. The summed E-state index contributed by atoms with van der Waals surface area (Å²) in [7, 11) is 3.09. The predicted octanol–water partition coefficient (Wildman–Crippen LogP) is 1.97. The minimum absolute atomic E-state index is 0.0490. The first-order valence-electron chi connectivity index (χ1n) is 8.83. The smallest absolute Gasteiger partial charge is 0.387 e. The first-order chi connectivity index (χ1) is 13.0. The Bertz CT molecular complexity index is 670. The lowest BCUT2D eigenvalue weighted by Crippen LogP contribution is -2.44. The summed E-state index contributed by atoms with van der Waals surface area (Å²) in [5.41, 5.74) is 0.549. The summed E-state index contributed by atoms with van der Waals surface area (Å²) in [6.07, 6.45) is 1.32. The van der Waals surface area contributed by atoms with Gasteiger partial charge < -0.3 is 25.0 Å². The lowest BCUT2D eigenvalue weighted by atomic mass is 10.2. The van der Waals surface area contributed by atoms with E-state index in [4.69, 9.17) is 4.74 Å². The number of alkyl halides is 2. The summed E-state index contributed by atoms with van der Waals surface area (Å²) in [6.45, 7) is 0.504. The number of guanidine groups is 1. The largest absolute Gasteiger partial charge is 0.497 e. The molecule has 150 valence electrons. The molecule has 1 fully saturated rings. The van der Waals surface area contributed by atoms with Gasteiger partial charge in [-0.05, 0) is 18.6 Å². The van der Waals surface area contributed by atoms with Crippen LogP contribution in [0.5, 0.6) is 11.5 Å². The van der Waals surface area contributed by atoms with Gasteiger partial charge in [0, 0.05) is 50.8 Å². The summed E-state index contributed by atoms with van der Waals surface area (Å²) in [4.78, 5) is 17.8. The molecule has 1 aliphatic heterocycles. The molecule has 1 unspecified atom stereocenters. The number of rotatable bonds is 7. The molecule has 1 heterocycles. The van der Waals surface area contributed by atoms with Crippen LogP contribution in [-0.2, 0) is 11.3 Å². The van der Waals surface area contributed by atoms with E-state index in [1.54, 1.807) is 19.2 Å². The molecule has 0 spiro atoms. The second-order valence-corrected chi connectivity index (χ2v) is 6.10. The quantitative estimate of drug-likeness (QED) is 0.555. The SMILES string of the molecule is CCC(=O)N1CCC(NC(=NC)NCc2ccc(OC)cc2OC(F)F)C1. The number of amides is 1. The number of hydrogen-bond acceptors (Lipinski definition) is 4. The van der Waals surface area contributed by atoms with Crippen LogP contribution in [0, 0.1) is 0 Å². The van der Waals surface area contributed by atoms with E-state index in [1.165, 1.54) is 13.2 Å². The lowest BCUT2D eigenvalue weighted by molar-refractivity contribution is -0.129. The number of aliphatic imine (C=N–C) groups is 1. The number of ether oxygens (including phenoxy) is 2. The Morgan fingerprint density at radius 1 is 1.44 bits per heavy atom.